The van der Waals surface area contributed by atoms with Crippen molar-refractivity contribution >= 4 is 11.7 Å². The molecule has 0 atom stereocenters. The molecule has 2 aromatic heterocycles. The number of nitrogens with one attached hydrogen (secondary N) is 1. The molecule has 6 nitrogen and oxygen atoms in total. The zero-order valence-corrected chi connectivity index (χ0v) is 11.6. The fraction of sp³-hybridized carbons (Fsp3) is 0.133. The van der Waals surface area contributed by atoms with Crippen molar-refractivity contribution in [1.29, 1.82) is 0 Å². The summed E-state index contributed by atoms with van der Waals surface area (Å²) in [6, 6.07) is 13.4. The second-order valence-corrected chi connectivity index (χ2v) is 4.66. The number of hydrogen-bond donors (Lipinski definition) is 1. The molecule has 2 heterocycles. The average Bonchev–Trinajstić information content (AvgIpc) is 3.10. The Morgan fingerprint density at radius 3 is 2.71 bits per heavy atom. The van der Waals surface area contributed by atoms with Crippen molar-refractivity contribution < 1.29 is 4.79 Å². The number of amides is 1. The minimum atomic E-state index is -0.153. The van der Waals surface area contributed by atoms with E-state index in [0.29, 0.717) is 5.82 Å². The first-order valence-corrected chi connectivity index (χ1v) is 6.62. The first-order valence-electron chi connectivity index (χ1n) is 6.62. The van der Waals surface area contributed by atoms with Crippen LogP contribution in [0.25, 0.3) is 5.69 Å². The lowest BCUT2D eigenvalue weighted by molar-refractivity contribution is -0.117. The molecule has 3 aromatic rings. The Labute approximate surface area is 122 Å². The molecule has 0 saturated heterocycles. The van der Waals surface area contributed by atoms with Crippen LogP contribution in [0.15, 0.2) is 54.9 Å². The summed E-state index contributed by atoms with van der Waals surface area (Å²) < 4.78 is 3.36. The number of anilines is 1. The molecule has 0 saturated carbocycles. The average molecular weight is 281 g/mol. The van der Waals surface area contributed by atoms with E-state index in [1.807, 2.05) is 49.5 Å². The van der Waals surface area contributed by atoms with Crippen LogP contribution >= 0.6 is 0 Å². The van der Waals surface area contributed by atoms with Gasteiger partial charge in [0.1, 0.15) is 6.54 Å². The maximum Gasteiger partial charge on any atom is 0.247 e. The fourth-order valence-corrected chi connectivity index (χ4v) is 2.00. The molecule has 106 valence electrons. The molecule has 0 bridgehead atoms. The number of benzene rings is 1. The number of para-hydroxylation sites is 1. The number of carbonyl (C=O) groups excluding carboxylic acids is 1. The molecule has 1 N–H and O–H groups in total. The zero-order chi connectivity index (χ0) is 14.7. The summed E-state index contributed by atoms with van der Waals surface area (Å²) in [4.78, 5) is 12.0. The zero-order valence-electron chi connectivity index (χ0n) is 11.6. The predicted octanol–water partition coefficient (Wildman–Crippen LogP) is 2.02. The monoisotopic (exact) mass is 281 g/mol. The van der Waals surface area contributed by atoms with Crippen molar-refractivity contribution in [3.05, 3.63) is 60.6 Å². The van der Waals surface area contributed by atoms with E-state index < -0.39 is 0 Å². The quantitative estimate of drug-likeness (QED) is 0.795. The van der Waals surface area contributed by atoms with E-state index >= 15 is 0 Å². The number of nitrogens with zero attached hydrogens (tertiary/aromatic N) is 4. The Kier molecular flexibility index (Phi) is 3.51. The van der Waals surface area contributed by atoms with Gasteiger partial charge >= 0.3 is 0 Å². The van der Waals surface area contributed by atoms with Crippen LogP contribution in [0.3, 0.4) is 0 Å². The van der Waals surface area contributed by atoms with Gasteiger partial charge in [-0.25, -0.2) is 4.68 Å². The van der Waals surface area contributed by atoms with Crippen LogP contribution in [0.4, 0.5) is 5.82 Å². The Bertz CT molecular complexity index is 744. The summed E-state index contributed by atoms with van der Waals surface area (Å²) in [5, 5.41) is 11.2. The highest BCUT2D eigenvalue weighted by atomic mass is 16.2. The van der Waals surface area contributed by atoms with Crippen LogP contribution in [0.1, 0.15) is 5.69 Å². The number of aryl methyl sites for hydroxylation is 1. The summed E-state index contributed by atoms with van der Waals surface area (Å²) >= 11 is 0. The van der Waals surface area contributed by atoms with Gasteiger partial charge in [0.2, 0.25) is 5.91 Å². The van der Waals surface area contributed by atoms with E-state index in [-0.39, 0.29) is 12.5 Å². The largest absolute Gasteiger partial charge is 0.308 e. The van der Waals surface area contributed by atoms with Crippen LogP contribution in [0, 0.1) is 6.92 Å². The molecular weight excluding hydrogens is 266 g/mol. The predicted molar refractivity (Wildman–Crippen MR) is 79.2 cm³/mol. The molecular formula is C15H15N5O. The third-order valence-electron chi connectivity index (χ3n) is 3.10. The number of aromatic nitrogens is 4. The van der Waals surface area contributed by atoms with E-state index in [1.165, 1.54) is 0 Å². The Morgan fingerprint density at radius 1 is 1.19 bits per heavy atom. The number of hydrogen-bond acceptors (Lipinski definition) is 3. The maximum absolute atomic E-state index is 12.0. The van der Waals surface area contributed by atoms with Crippen molar-refractivity contribution in [3.63, 3.8) is 0 Å². The molecule has 1 amide bonds. The van der Waals surface area contributed by atoms with Crippen LogP contribution in [-0.2, 0) is 11.3 Å². The van der Waals surface area contributed by atoms with Gasteiger partial charge in [-0.1, -0.05) is 18.2 Å². The molecule has 0 aliphatic carbocycles. The highest BCUT2D eigenvalue weighted by Crippen LogP contribution is 2.10. The molecule has 0 aliphatic heterocycles. The van der Waals surface area contributed by atoms with E-state index in [2.05, 4.69) is 15.5 Å². The Balaban J connectivity index is 1.67. The SMILES string of the molecule is Cc1ccnn1CC(=O)Nc1ccn(-c2ccccc2)n1. The lowest BCUT2D eigenvalue weighted by Crippen LogP contribution is -2.20. The second-order valence-electron chi connectivity index (χ2n) is 4.66. The van der Waals surface area contributed by atoms with Gasteiger partial charge in [0, 0.05) is 24.2 Å². The van der Waals surface area contributed by atoms with E-state index in [0.717, 1.165) is 11.4 Å². The van der Waals surface area contributed by atoms with Crippen molar-refractivity contribution in [2.24, 2.45) is 0 Å². The second kappa shape index (κ2) is 5.62. The van der Waals surface area contributed by atoms with Gasteiger partial charge in [0.25, 0.3) is 0 Å². The minimum Gasteiger partial charge on any atom is -0.308 e. The molecule has 0 unspecified atom stereocenters. The Hall–Kier alpha value is -2.89. The van der Waals surface area contributed by atoms with Gasteiger partial charge in [-0.2, -0.15) is 10.2 Å². The van der Waals surface area contributed by atoms with Crippen LogP contribution in [0.2, 0.25) is 0 Å². The Morgan fingerprint density at radius 2 is 2.00 bits per heavy atom. The molecule has 0 spiro atoms. The molecule has 3 rings (SSSR count). The van der Waals surface area contributed by atoms with Gasteiger partial charge in [-0.3, -0.25) is 9.48 Å². The molecule has 0 aliphatic rings. The number of carbonyl (C=O) groups is 1. The molecule has 0 radical (unpaired) electrons. The van der Waals surface area contributed by atoms with Gasteiger partial charge in [0.05, 0.1) is 5.69 Å². The van der Waals surface area contributed by atoms with Crippen molar-refractivity contribution in [3.8, 4) is 5.69 Å². The minimum absolute atomic E-state index is 0.153. The highest BCUT2D eigenvalue weighted by Gasteiger charge is 2.08. The van der Waals surface area contributed by atoms with Gasteiger partial charge < -0.3 is 5.32 Å². The van der Waals surface area contributed by atoms with Crippen LogP contribution in [-0.4, -0.2) is 25.5 Å². The van der Waals surface area contributed by atoms with Crippen LogP contribution < -0.4 is 5.32 Å². The van der Waals surface area contributed by atoms with E-state index in [9.17, 15) is 4.79 Å². The third kappa shape index (κ3) is 3.00. The standard InChI is InChI=1S/C15H15N5O/c1-12-7-9-16-20(12)11-15(21)17-14-8-10-19(18-14)13-5-3-2-4-6-13/h2-10H,11H2,1H3,(H,17,18,21). The van der Waals surface area contributed by atoms with Gasteiger partial charge in [-0.05, 0) is 25.1 Å². The topological polar surface area (TPSA) is 64.7 Å². The first-order chi connectivity index (χ1) is 10.2. The fourth-order valence-electron chi connectivity index (χ4n) is 2.00. The summed E-state index contributed by atoms with van der Waals surface area (Å²) in [5.41, 5.74) is 1.89. The number of rotatable bonds is 4. The van der Waals surface area contributed by atoms with Crippen LogP contribution in [0.5, 0.6) is 0 Å². The summed E-state index contributed by atoms with van der Waals surface area (Å²) in [5.74, 6) is 0.369. The summed E-state index contributed by atoms with van der Waals surface area (Å²) in [7, 11) is 0. The smallest absolute Gasteiger partial charge is 0.247 e. The van der Waals surface area contributed by atoms with E-state index in [4.69, 9.17) is 0 Å². The molecule has 0 fully saturated rings. The molecule has 6 heteroatoms. The van der Waals surface area contributed by atoms with E-state index in [1.54, 1.807) is 21.6 Å². The normalized spacial score (nSPS) is 10.5. The summed E-state index contributed by atoms with van der Waals surface area (Å²) in [6.07, 6.45) is 3.48. The maximum atomic E-state index is 12.0. The lowest BCUT2D eigenvalue weighted by atomic mass is 10.3. The molecule has 21 heavy (non-hydrogen) atoms. The third-order valence-corrected chi connectivity index (χ3v) is 3.10. The highest BCUT2D eigenvalue weighted by molar-refractivity contribution is 5.89. The first kappa shape index (κ1) is 13.1. The van der Waals surface area contributed by atoms with Gasteiger partial charge in [0.15, 0.2) is 5.82 Å². The van der Waals surface area contributed by atoms with Gasteiger partial charge in [-0.15, -0.1) is 0 Å². The van der Waals surface area contributed by atoms with Crippen molar-refractivity contribution in [1.82, 2.24) is 19.6 Å². The summed E-state index contributed by atoms with van der Waals surface area (Å²) in [6.45, 7) is 2.08. The lowest BCUT2D eigenvalue weighted by Gasteiger charge is -2.04. The van der Waals surface area contributed by atoms with Crippen molar-refractivity contribution in [2.45, 2.75) is 13.5 Å². The van der Waals surface area contributed by atoms with Crippen molar-refractivity contribution in [2.75, 3.05) is 5.32 Å². The molecule has 1 aromatic carbocycles.